The SMILES string of the molecule is COc1cccc2c(CCC3(O)CCC(N)CC3)ccnc12. The number of para-hydroxylation sites is 1. The van der Waals surface area contributed by atoms with E-state index in [9.17, 15) is 5.11 Å². The van der Waals surface area contributed by atoms with E-state index >= 15 is 0 Å². The van der Waals surface area contributed by atoms with E-state index in [0.29, 0.717) is 0 Å². The number of fused-ring (bicyclic) bond motifs is 1. The first-order chi connectivity index (χ1) is 10.6. The smallest absolute Gasteiger partial charge is 0.145 e. The molecule has 1 aliphatic carbocycles. The van der Waals surface area contributed by atoms with Gasteiger partial charge in [0.2, 0.25) is 0 Å². The van der Waals surface area contributed by atoms with Crippen molar-refractivity contribution in [3.8, 4) is 5.75 Å². The Morgan fingerprint density at radius 3 is 2.82 bits per heavy atom. The van der Waals surface area contributed by atoms with Crippen LogP contribution in [-0.2, 0) is 6.42 Å². The quantitative estimate of drug-likeness (QED) is 0.911. The van der Waals surface area contributed by atoms with Crippen molar-refractivity contribution in [3.05, 3.63) is 36.0 Å². The van der Waals surface area contributed by atoms with Gasteiger partial charge < -0.3 is 15.6 Å². The summed E-state index contributed by atoms with van der Waals surface area (Å²) in [4.78, 5) is 4.43. The minimum absolute atomic E-state index is 0.256. The molecule has 0 unspecified atom stereocenters. The molecule has 1 aromatic carbocycles. The van der Waals surface area contributed by atoms with Crippen LogP contribution in [0.2, 0.25) is 0 Å². The van der Waals surface area contributed by atoms with E-state index < -0.39 is 5.60 Å². The van der Waals surface area contributed by atoms with Crippen LogP contribution in [0.25, 0.3) is 10.9 Å². The largest absolute Gasteiger partial charge is 0.494 e. The Kier molecular flexibility index (Phi) is 4.32. The van der Waals surface area contributed by atoms with Gasteiger partial charge in [0.25, 0.3) is 0 Å². The summed E-state index contributed by atoms with van der Waals surface area (Å²) in [6.45, 7) is 0. The number of hydrogen-bond acceptors (Lipinski definition) is 4. The predicted octanol–water partition coefficient (Wildman–Crippen LogP) is 2.81. The van der Waals surface area contributed by atoms with Crippen molar-refractivity contribution in [3.63, 3.8) is 0 Å². The van der Waals surface area contributed by atoms with Crippen LogP contribution in [0.3, 0.4) is 0 Å². The molecule has 118 valence electrons. The van der Waals surface area contributed by atoms with Crippen LogP contribution in [0, 0.1) is 0 Å². The lowest BCUT2D eigenvalue weighted by molar-refractivity contribution is -0.00744. The lowest BCUT2D eigenvalue weighted by atomic mass is 9.79. The number of ether oxygens (including phenoxy) is 1. The molecule has 0 bridgehead atoms. The number of aliphatic hydroxyl groups is 1. The molecule has 4 heteroatoms. The molecular formula is C18H24N2O2. The second-order valence-corrected chi connectivity index (χ2v) is 6.39. The Bertz CT molecular complexity index is 649. The van der Waals surface area contributed by atoms with Crippen LogP contribution < -0.4 is 10.5 Å². The fraction of sp³-hybridized carbons (Fsp3) is 0.500. The Labute approximate surface area is 131 Å². The Morgan fingerprint density at radius 2 is 2.09 bits per heavy atom. The van der Waals surface area contributed by atoms with Crippen LogP contribution in [-0.4, -0.2) is 28.8 Å². The fourth-order valence-electron chi connectivity index (χ4n) is 3.38. The molecule has 1 heterocycles. The summed E-state index contributed by atoms with van der Waals surface area (Å²) in [5.41, 5.74) is 7.48. The highest BCUT2D eigenvalue weighted by Gasteiger charge is 2.31. The second-order valence-electron chi connectivity index (χ2n) is 6.39. The molecule has 0 amide bonds. The molecule has 0 spiro atoms. The normalized spacial score (nSPS) is 25.3. The van der Waals surface area contributed by atoms with Crippen molar-refractivity contribution in [2.75, 3.05) is 7.11 Å². The summed E-state index contributed by atoms with van der Waals surface area (Å²) in [7, 11) is 1.66. The number of methoxy groups -OCH3 is 1. The number of rotatable bonds is 4. The topological polar surface area (TPSA) is 68.4 Å². The van der Waals surface area contributed by atoms with Gasteiger partial charge in [-0.05, 0) is 56.2 Å². The summed E-state index contributed by atoms with van der Waals surface area (Å²) >= 11 is 0. The summed E-state index contributed by atoms with van der Waals surface area (Å²) in [5.74, 6) is 0.793. The van der Waals surface area contributed by atoms with E-state index in [1.807, 2.05) is 24.4 Å². The lowest BCUT2D eigenvalue weighted by Crippen LogP contribution is -2.39. The van der Waals surface area contributed by atoms with Crippen LogP contribution in [0.5, 0.6) is 5.75 Å². The van der Waals surface area contributed by atoms with Gasteiger partial charge in [-0.25, -0.2) is 0 Å². The number of aryl methyl sites for hydroxylation is 1. The zero-order chi connectivity index (χ0) is 15.6. The van der Waals surface area contributed by atoms with Gasteiger partial charge in [-0.3, -0.25) is 4.98 Å². The molecule has 0 atom stereocenters. The van der Waals surface area contributed by atoms with Crippen molar-refractivity contribution in [1.29, 1.82) is 0 Å². The third-order valence-corrected chi connectivity index (χ3v) is 4.86. The number of pyridine rings is 1. The molecule has 0 aliphatic heterocycles. The van der Waals surface area contributed by atoms with Gasteiger partial charge in [0, 0.05) is 17.6 Å². The standard InChI is InChI=1S/C18H24N2O2/c1-22-16-4-2-3-15-13(8-12-20-17(15)16)5-9-18(21)10-6-14(19)7-11-18/h2-4,8,12,14,21H,5-7,9-11,19H2,1H3. The van der Waals surface area contributed by atoms with Gasteiger partial charge >= 0.3 is 0 Å². The van der Waals surface area contributed by atoms with Crippen LogP contribution in [0.15, 0.2) is 30.5 Å². The van der Waals surface area contributed by atoms with Crippen molar-refractivity contribution < 1.29 is 9.84 Å². The Morgan fingerprint density at radius 1 is 1.32 bits per heavy atom. The number of nitrogens with two attached hydrogens (primary N) is 1. The van der Waals surface area contributed by atoms with Crippen LogP contribution in [0.1, 0.15) is 37.7 Å². The maximum absolute atomic E-state index is 10.7. The first kappa shape index (κ1) is 15.3. The van der Waals surface area contributed by atoms with Gasteiger partial charge in [0.05, 0.1) is 12.7 Å². The average molecular weight is 300 g/mol. The van der Waals surface area contributed by atoms with Crippen molar-refractivity contribution >= 4 is 10.9 Å². The molecule has 4 nitrogen and oxygen atoms in total. The third-order valence-electron chi connectivity index (χ3n) is 4.86. The maximum Gasteiger partial charge on any atom is 0.145 e. The fourth-order valence-corrected chi connectivity index (χ4v) is 3.38. The van der Waals surface area contributed by atoms with Gasteiger partial charge in [-0.2, -0.15) is 0 Å². The van der Waals surface area contributed by atoms with Crippen molar-refractivity contribution in [2.24, 2.45) is 5.73 Å². The zero-order valence-electron chi connectivity index (χ0n) is 13.1. The van der Waals surface area contributed by atoms with Crippen molar-refractivity contribution in [2.45, 2.75) is 50.2 Å². The molecule has 1 aromatic heterocycles. The molecule has 0 radical (unpaired) electrons. The minimum atomic E-state index is -0.565. The molecule has 1 saturated carbocycles. The second kappa shape index (κ2) is 6.23. The van der Waals surface area contributed by atoms with E-state index in [1.54, 1.807) is 7.11 Å². The third kappa shape index (κ3) is 3.08. The van der Waals surface area contributed by atoms with E-state index in [2.05, 4.69) is 11.1 Å². The van der Waals surface area contributed by atoms with E-state index in [-0.39, 0.29) is 6.04 Å². The van der Waals surface area contributed by atoms with Crippen molar-refractivity contribution in [1.82, 2.24) is 4.98 Å². The lowest BCUT2D eigenvalue weighted by Gasteiger charge is -2.35. The summed E-state index contributed by atoms with van der Waals surface area (Å²) in [6, 6.07) is 8.28. The van der Waals surface area contributed by atoms with E-state index in [4.69, 9.17) is 10.5 Å². The number of hydrogen-bond donors (Lipinski definition) is 2. The molecule has 22 heavy (non-hydrogen) atoms. The van der Waals surface area contributed by atoms with Gasteiger partial charge in [-0.15, -0.1) is 0 Å². The van der Waals surface area contributed by atoms with E-state index in [0.717, 1.165) is 55.2 Å². The van der Waals surface area contributed by atoms with Crippen LogP contribution >= 0.6 is 0 Å². The molecule has 1 fully saturated rings. The summed E-state index contributed by atoms with van der Waals surface area (Å²) in [6.07, 6.45) is 6.89. The molecule has 1 aliphatic rings. The predicted molar refractivity (Wildman–Crippen MR) is 88.0 cm³/mol. The molecule has 3 N–H and O–H groups in total. The van der Waals surface area contributed by atoms with E-state index in [1.165, 1.54) is 5.56 Å². The monoisotopic (exact) mass is 300 g/mol. The van der Waals surface area contributed by atoms with Gasteiger partial charge in [0.15, 0.2) is 0 Å². The van der Waals surface area contributed by atoms with Gasteiger partial charge in [-0.1, -0.05) is 12.1 Å². The highest BCUT2D eigenvalue weighted by Crippen LogP contribution is 2.33. The highest BCUT2D eigenvalue weighted by molar-refractivity contribution is 5.87. The average Bonchev–Trinajstić information content (AvgIpc) is 2.55. The Hall–Kier alpha value is -1.65. The summed E-state index contributed by atoms with van der Waals surface area (Å²) < 4.78 is 5.38. The number of nitrogens with zero attached hydrogens (tertiary/aromatic N) is 1. The highest BCUT2D eigenvalue weighted by atomic mass is 16.5. The Balaban J connectivity index is 1.80. The zero-order valence-corrected chi connectivity index (χ0v) is 13.1. The molecular weight excluding hydrogens is 276 g/mol. The first-order valence-corrected chi connectivity index (χ1v) is 8.00. The first-order valence-electron chi connectivity index (χ1n) is 8.00. The molecule has 2 aromatic rings. The molecule has 3 rings (SSSR count). The number of aromatic nitrogens is 1. The van der Waals surface area contributed by atoms with Gasteiger partial charge in [0.1, 0.15) is 11.3 Å². The maximum atomic E-state index is 10.7. The molecule has 0 saturated heterocycles. The van der Waals surface area contributed by atoms with Crippen LogP contribution in [0.4, 0.5) is 0 Å². The summed E-state index contributed by atoms with van der Waals surface area (Å²) in [5, 5.41) is 11.8. The minimum Gasteiger partial charge on any atom is -0.494 e. The number of benzene rings is 1.